The first-order valence-corrected chi connectivity index (χ1v) is 13.9. The molecule has 1 fully saturated rings. The van der Waals surface area contributed by atoms with Crippen LogP contribution in [0.4, 0.5) is 0 Å². The zero-order valence-electron chi connectivity index (χ0n) is 23.4. The Morgan fingerprint density at radius 2 is 1.92 bits per heavy atom. The van der Waals surface area contributed by atoms with Crippen LogP contribution in [0.3, 0.4) is 0 Å². The SMILES string of the molecule is CC.CC(C)C(C)N=C1NC(CN2CCN(C(=O)c3cccc(Cl)c3)CC2)=NC2CCC=CC=C12.NC=O. The normalized spacial score (nSPS) is 20.9. The Bertz CT molecular complexity index is 1040. The minimum absolute atomic E-state index is 0.0445. The first-order chi connectivity index (χ1) is 18.3. The number of hydrogen-bond acceptors (Lipinski definition) is 5. The highest BCUT2D eigenvalue weighted by molar-refractivity contribution is 6.31. The van der Waals surface area contributed by atoms with Gasteiger partial charge in [0.1, 0.15) is 11.7 Å². The van der Waals surface area contributed by atoms with Crippen molar-refractivity contribution in [1.29, 1.82) is 0 Å². The molecule has 0 radical (unpaired) electrons. The number of aliphatic imine (C=N–C) groups is 2. The van der Waals surface area contributed by atoms with Gasteiger partial charge in [0.15, 0.2) is 0 Å². The Balaban J connectivity index is 0.000000947. The number of benzene rings is 1. The summed E-state index contributed by atoms with van der Waals surface area (Å²) in [7, 11) is 0. The Morgan fingerprint density at radius 1 is 1.24 bits per heavy atom. The minimum Gasteiger partial charge on any atom is -0.372 e. The van der Waals surface area contributed by atoms with Crippen molar-refractivity contribution < 1.29 is 9.59 Å². The summed E-state index contributed by atoms with van der Waals surface area (Å²) < 4.78 is 0. The number of halogens is 1. The molecule has 0 saturated carbocycles. The highest BCUT2D eigenvalue weighted by Crippen LogP contribution is 2.23. The van der Waals surface area contributed by atoms with Gasteiger partial charge in [0, 0.05) is 42.3 Å². The number of amidine groups is 2. The van der Waals surface area contributed by atoms with Crippen LogP contribution in [-0.2, 0) is 4.79 Å². The van der Waals surface area contributed by atoms with E-state index in [1.54, 1.807) is 12.1 Å². The minimum atomic E-state index is 0.0445. The van der Waals surface area contributed by atoms with Gasteiger partial charge >= 0.3 is 0 Å². The van der Waals surface area contributed by atoms with Crippen molar-refractivity contribution in [3.05, 3.63) is 58.7 Å². The van der Waals surface area contributed by atoms with Crippen molar-refractivity contribution in [2.75, 3.05) is 32.7 Å². The molecule has 208 valence electrons. The van der Waals surface area contributed by atoms with Gasteiger partial charge < -0.3 is 16.0 Å². The maximum Gasteiger partial charge on any atom is 0.253 e. The zero-order chi connectivity index (χ0) is 28.1. The Kier molecular flexibility index (Phi) is 13.2. The van der Waals surface area contributed by atoms with Gasteiger partial charge in [-0.05, 0) is 43.9 Å². The van der Waals surface area contributed by atoms with E-state index in [0.717, 1.165) is 44.1 Å². The Hall–Kier alpha value is -2.97. The number of primary amides is 1. The third-order valence-corrected chi connectivity index (χ3v) is 6.86. The van der Waals surface area contributed by atoms with Crippen LogP contribution in [0.2, 0.25) is 5.02 Å². The van der Waals surface area contributed by atoms with Gasteiger partial charge in [0.05, 0.1) is 18.6 Å². The van der Waals surface area contributed by atoms with Crippen molar-refractivity contribution in [3.63, 3.8) is 0 Å². The lowest BCUT2D eigenvalue weighted by Gasteiger charge is -2.36. The fourth-order valence-corrected chi connectivity index (χ4v) is 4.44. The van der Waals surface area contributed by atoms with Gasteiger partial charge in [0.2, 0.25) is 6.41 Å². The molecule has 3 N–H and O–H groups in total. The molecule has 2 heterocycles. The van der Waals surface area contributed by atoms with Crippen LogP contribution in [0.5, 0.6) is 0 Å². The molecule has 1 aromatic carbocycles. The van der Waals surface area contributed by atoms with Crippen LogP contribution in [0.15, 0.2) is 58.1 Å². The summed E-state index contributed by atoms with van der Waals surface area (Å²) in [6.07, 6.45) is 8.78. The van der Waals surface area contributed by atoms with Crippen molar-refractivity contribution in [2.24, 2.45) is 21.6 Å². The van der Waals surface area contributed by atoms with Crippen LogP contribution in [0, 0.1) is 5.92 Å². The van der Waals surface area contributed by atoms with Crippen LogP contribution in [0.1, 0.15) is 57.8 Å². The number of amides is 2. The van der Waals surface area contributed by atoms with E-state index in [2.05, 4.69) is 54.9 Å². The van der Waals surface area contributed by atoms with Crippen LogP contribution < -0.4 is 11.1 Å². The summed E-state index contributed by atoms with van der Waals surface area (Å²) in [4.78, 5) is 35.8. The summed E-state index contributed by atoms with van der Waals surface area (Å²) in [5, 5.41) is 4.13. The fourth-order valence-electron chi connectivity index (χ4n) is 4.25. The highest BCUT2D eigenvalue weighted by atomic mass is 35.5. The molecule has 2 amide bonds. The average Bonchev–Trinajstić information content (AvgIpc) is 3.16. The van der Waals surface area contributed by atoms with Crippen molar-refractivity contribution in [1.82, 2.24) is 15.1 Å². The molecule has 2 atom stereocenters. The standard InChI is InChI=1S/C26H34ClN5O.C2H6.CH3NO/c1-18(2)19(3)28-25-22-10-5-4-6-11-23(22)29-24(30-25)17-31-12-14-32(15-13-31)26(33)20-8-7-9-21(27)16-20;1-2;2-1-3/h4-5,7-10,16,18-19,23H,6,11-15,17H2,1-3H3,(H,28,29,30);1-2H3;1H,(H2,2,3). The van der Waals surface area contributed by atoms with Gasteiger partial charge in [-0.3, -0.25) is 24.5 Å². The van der Waals surface area contributed by atoms with Crippen molar-refractivity contribution in [3.8, 4) is 0 Å². The van der Waals surface area contributed by atoms with Gasteiger partial charge in [0.25, 0.3) is 5.91 Å². The van der Waals surface area contributed by atoms with E-state index >= 15 is 0 Å². The smallest absolute Gasteiger partial charge is 0.253 e. The largest absolute Gasteiger partial charge is 0.372 e. The molecule has 8 nitrogen and oxygen atoms in total. The molecule has 2 aliphatic heterocycles. The fraction of sp³-hybridized carbons (Fsp3) is 0.517. The topological polar surface area (TPSA) is 103 Å². The number of nitrogens with two attached hydrogens (primary N) is 1. The number of carbonyl (C=O) groups is 2. The molecule has 38 heavy (non-hydrogen) atoms. The number of rotatable bonds is 5. The molecule has 1 aromatic rings. The first-order valence-electron chi connectivity index (χ1n) is 13.5. The summed E-state index contributed by atoms with van der Waals surface area (Å²) >= 11 is 6.06. The van der Waals surface area contributed by atoms with Gasteiger partial charge in [-0.1, -0.05) is 63.6 Å². The van der Waals surface area contributed by atoms with Gasteiger partial charge in [-0.15, -0.1) is 0 Å². The molecule has 2 unspecified atom stereocenters. The molecule has 9 heteroatoms. The lowest BCUT2D eigenvalue weighted by atomic mass is 10.00. The second kappa shape index (κ2) is 16.1. The lowest BCUT2D eigenvalue weighted by molar-refractivity contribution is -0.106. The van der Waals surface area contributed by atoms with Gasteiger partial charge in [-0.25, -0.2) is 0 Å². The van der Waals surface area contributed by atoms with E-state index in [0.29, 0.717) is 29.6 Å². The Labute approximate surface area is 232 Å². The summed E-state index contributed by atoms with van der Waals surface area (Å²) in [5.74, 6) is 2.46. The quantitative estimate of drug-likeness (QED) is 0.541. The molecule has 1 saturated heterocycles. The van der Waals surface area contributed by atoms with E-state index in [1.165, 1.54) is 5.57 Å². The monoisotopic (exact) mass is 542 g/mol. The van der Waals surface area contributed by atoms with Crippen LogP contribution in [0.25, 0.3) is 0 Å². The number of carbonyl (C=O) groups excluding carboxylic acids is 2. The van der Waals surface area contributed by atoms with Crippen LogP contribution >= 0.6 is 11.6 Å². The number of nitrogens with one attached hydrogen (secondary N) is 1. The second-order valence-corrected chi connectivity index (χ2v) is 9.96. The number of hydrogen-bond donors (Lipinski definition) is 2. The van der Waals surface area contributed by atoms with E-state index in [4.69, 9.17) is 26.4 Å². The van der Waals surface area contributed by atoms with E-state index in [-0.39, 0.29) is 24.4 Å². The zero-order valence-corrected chi connectivity index (χ0v) is 24.1. The number of piperazine rings is 1. The third-order valence-electron chi connectivity index (χ3n) is 6.63. The van der Waals surface area contributed by atoms with Gasteiger partial charge in [-0.2, -0.15) is 0 Å². The highest BCUT2D eigenvalue weighted by Gasteiger charge is 2.29. The Morgan fingerprint density at radius 3 is 2.55 bits per heavy atom. The number of nitrogens with zero attached hydrogens (tertiary/aromatic N) is 4. The van der Waals surface area contributed by atoms with E-state index < -0.39 is 0 Å². The maximum atomic E-state index is 12.8. The lowest BCUT2D eigenvalue weighted by Crippen LogP contribution is -2.53. The molecule has 4 rings (SSSR count). The molecule has 1 aliphatic carbocycles. The van der Waals surface area contributed by atoms with E-state index in [1.807, 2.05) is 30.9 Å². The maximum absolute atomic E-state index is 12.8. The summed E-state index contributed by atoms with van der Waals surface area (Å²) in [6, 6.07) is 7.57. The van der Waals surface area contributed by atoms with Crippen molar-refractivity contribution >= 4 is 35.6 Å². The van der Waals surface area contributed by atoms with Crippen LogP contribution in [-0.4, -0.2) is 78.6 Å². The molecule has 0 spiro atoms. The average molecular weight is 543 g/mol. The summed E-state index contributed by atoms with van der Waals surface area (Å²) in [5.41, 5.74) is 6.01. The molecule has 0 bridgehead atoms. The number of fused-ring (bicyclic) bond motifs is 1. The number of allylic oxidation sites excluding steroid dienone is 3. The van der Waals surface area contributed by atoms with E-state index in [9.17, 15) is 4.79 Å². The van der Waals surface area contributed by atoms with Crippen molar-refractivity contribution in [2.45, 2.75) is 59.5 Å². The molecular weight excluding hydrogens is 500 g/mol. The third kappa shape index (κ3) is 9.10. The molecule has 3 aliphatic rings. The first kappa shape index (κ1) is 31.2. The summed E-state index contributed by atoms with van der Waals surface area (Å²) in [6.45, 7) is 14.3. The predicted octanol–water partition coefficient (Wildman–Crippen LogP) is 4.32. The second-order valence-electron chi connectivity index (χ2n) is 9.52. The predicted molar refractivity (Wildman–Crippen MR) is 158 cm³/mol. The molecular formula is C29H43ClN6O2. The molecule has 0 aromatic heterocycles.